The molecule has 25 heavy (non-hydrogen) atoms. The zero-order chi connectivity index (χ0) is 20.1. The predicted octanol–water partition coefficient (Wildman–Crippen LogP) is 4.47. The average molecular weight is 389 g/mol. The normalized spacial score (nSPS) is 29.8. The number of carbonyl (C=O) groups is 1. The van der Waals surface area contributed by atoms with Crippen molar-refractivity contribution < 1.29 is 19.1 Å². The highest BCUT2D eigenvalue weighted by Gasteiger charge is 2.50. The van der Waals surface area contributed by atoms with Crippen molar-refractivity contribution in [2.75, 3.05) is 0 Å². The summed E-state index contributed by atoms with van der Waals surface area (Å²) < 4.78 is 6.40. The molecule has 0 saturated heterocycles. The minimum atomic E-state index is -2.41. The van der Waals surface area contributed by atoms with Gasteiger partial charge < -0.3 is 14.3 Å². The average Bonchev–Trinajstić information content (AvgIpc) is 2.30. The number of hydrogen-bond donors (Lipinski definition) is 2. The second-order valence-electron chi connectivity index (χ2n) is 11.0. The smallest absolute Gasteiger partial charge is 0.193 e. The minimum absolute atomic E-state index is 0.0192. The number of aliphatic hydroxyl groups is 1. The molecule has 0 aliphatic heterocycles. The SMILES string of the molecule is CC(C)(C[C@@H]1C[C@](C)(O)C[C@@H](O[Si](C)(C)C(C)(C)C)C1=O)[Si](C)(C)O. The Morgan fingerprint density at radius 2 is 1.60 bits per heavy atom. The van der Waals surface area contributed by atoms with Gasteiger partial charge in [0.25, 0.3) is 0 Å². The van der Waals surface area contributed by atoms with E-state index >= 15 is 0 Å². The standard InChI is InChI=1S/C19H40O4Si2/c1-17(2,3)25(9,10)23-15-13-19(6,21)12-14(16(15)20)11-18(4,5)24(7,8)22/h14-15,21-22H,11-13H2,1-10H3/t14-,15-,19+/m1/s1. The fourth-order valence-corrected chi connectivity index (χ4v) is 5.16. The van der Waals surface area contributed by atoms with Gasteiger partial charge in [0.05, 0.1) is 5.60 Å². The largest absolute Gasteiger partial charge is 0.432 e. The van der Waals surface area contributed by atoms with Crippen LogP contribution >= 0.6 is 0 Å². The minimum Gasteiger partial charge on any atom is -0.432 e. The molecule has 0 amide bonds. The summed E-state index contributed by atoms with van der Waals surface area (Å²) in [7, 11) is -4.50. The van der Waals surface area contributed by atoms with Crippen LogP contribution < -0.4 is 0 Å². The summed E-state index contributed by atoms with van der Waals surface area (Å²) in [5.41, 5.74) is -0.900. The summed E-state index contributed by atoms with van der Waals surface area (Å²) in [6.07, 6.45) is 0.899. The van der Waals surface area contributed by atoms with Crippen LogP contribution in [-0.2, 0) is 9.22 Å². The third-order valence-electron chi connectivity index (χ3n) is 6.69. The van der Waals surface area contributed by atoms with Crippen molar-refractivity contribution in [1.82, 2.24) is 0 Å². The third-order valence-corrected chi connectivity index (χ3v) is 14.7. The monoisotopic (exact) mass is 388 g/mol. The first-order chi connectivity index (χ1) is 10.8. The van der Waals surface area contributed by atoms with Gasteiger partial charge in [-0.25, -0.2) is 0 Å². The van der Waals surface area contributed by atoms with E-state index in [4.69, 9.17) is 4.43 Å². The van der Waals surface area contributed by atoms with Crippen molar-refractivity contribution in [2.24, 2.45) is 5.92 Å². The maximum Gasteiger partial charge on any atom is 0.193 e. The van der Waals surface area contributed by atoms with Crippen LogP contribution in [0.2, 0.25) is 36.3 Å². The second kappa shape index (κ2) is 6.86. The van der Waals surface area contributed by atoms with Gasteiger partial charge in [-0.05, 0) is 56.0 Å². The number of hydrogen-bond acceptors (Lipinski definition) is 4. The topological polar surface area (TPSA) is 66.8 Å². The van der Waals surface area contributed by atoms with Crippen molar-refractivity contribution >= 4 is 22.4 Å². The molecule has 1 aliphatic carbocycles. The van der Waals surface area contributed by atoms with E-state index in [-0.39, 0.29) is 21.8 Å². The molecule has 4 nitrogen and oxygen atoms in total. The molecule has 0 heterocycles. The molecule has 1 rings (SSSR count). The summed E-state index contributed by atoms with van der Waals surface area (Å²) in [5.74, 6) is -0.143. The van der Waals surface area contributed by atoms with E-state index < -0.39 is 28.3 Å². The van der Waals surface area contributed by atoms with Crippen LogP contribution in [0.3, 0.4) is 0 Å². The second-order valence-corrected chi connectivity index (χ2v) is 20.2. The van der Waals surface area contributed by atoms with Crippen molar-refractivity contribution in [3.05, 3.63) is 0 Å². The zero-order valence-corrected chi connectivity index (χ0v) is 20.0. The Morgan fingerprint density at radius 1 is 1.12 bits per heavy atom. The third kappa shape index (κ3) is 5.48. The Hall–Kier alpha value is -0.0162. The molecule has 0 radical (unpaired) electrons. The molecule has 0 unspecified atom stereocenters. The fraction of sp³-hybridized carbons (Fsp3) is 0.947. The van der Waals surface area contributed by atoms with Crippen molar-refractivity contribution in [3.8, 4) is 0 Å². The maximum absolute atomic E-state index is 13.1. The molecular formula is C19H40O4Si2. The summed E-state index contributed by atoms with van der Waals surface area (Å²) >= 11 is 0. The maximum atomic E-state index is 13.1. The Bertz CT molecular complexity index is 457. The van der Waals surface area contributed by atoms with Gasteiger partial charge in [0.15, 0.2) is 22.4 Å². The predicted molar refractivity (Wildman–Crippen MR) is 109 cm³/mol. The van der Waals surface area contributed by atoms with Crippen LogP contribution in [0.5, 0.6) is 0 Å². The van der Waals surface area contributed by atoms with E-state index in [9.17, 15) is 14.7 Å². The van der Waals surface area contributed by atoms with Crippen molar-refractivity contribution in [1.29, 1.82) is 0 Å². The van der Waals surface area contributed by atoms with Crippen LogP contribution in [0.25, 0.3) is 0 Å². The molecule has 0 aromatic heterocycles. The van der Waals surface area contributed by atoms with E-state index in [1.54, 1.807) is 0 Å². The van der Waals surface area contributed by atoms with Gasteiger partial charge in [0.2, 0.25) is 0 Å². The van der Waals surface area contributed by atoms with Gasteiger partial charge in [-0.1, -0.05) is 34.6 Å². The first kappa shape index (κ1) is 23.0. The molecule has 0 aromatic carbocycles. The van der Waals surface area contributed by atoms with Crippen LogP contribution in [0, 0.1) is 5.92 Å². The summed E-state index contributed by atoms with van der Waals surface area (Å²) in [6.45, 7) is 20.5. The number of carbonyl (C=O) groups excluding carboxylic acids is 1. The zero-order valence-electron chi connectivity index (χ0n) is 18.0. The molecule has 6 heteroatoms. The quantitative estimate of drug-likeness (QED) is 0.682. The first-order valence-corrected chi connectivity index (χ1v) is 15.3. The lowest BCUT2D eigenvalue weighted by atomic mass is 9.73. The molecule has 1 aliphatic rings. The highest BCUT2D eigenvalue weighted by Crippen LogP contribution is 2.47. The lowest BCUT2D eigenvalue weighted by Crippen LogP contribution is -2.54. The molecule has 1 saturated carbocycles. The molecule has 0 aromatic rings. The highest BCUT2D eigenvalue weighted by molar-refractivity contribution is 6.74. The summed E-state index contributed by atoms with van der Waals surface area (Å²) in [4.78, 5) is 23.7. The first-order valence-electron chi connectivity index (χ1n) is 9.45. The molecular weight excluding hydrogens is 348 g/mol. The Morgan fingerprint density at radius 3 is 2.00 bits per heavy atom. The van der Waals surface area contributed by atoms with Gasteiger partial charge in [0.1, 0.15) is 6.10 Å². The number of Topliss-reactive ketones (excluding diaryl/α,β-unsaturated/α-hetero) is 1. The van der Waals surface area contributed by atoms with E-state index in [2.05, 4.69) is 33.9 Å². The van der Waals surface area contributed by atoms with Gasteiger partial charge in [0, 0.05) is 12.3 Å². The molecule has 0 bridgehead atoms. The van der Waals surface area contributed by atoms with Gasteiger partial charge in [-0.2, -0.15) is 0 Å². The fourth-order valence-electron chi connectivity index (χ4n) is 3.15. The lowest BCUT2D eigenvalue weighted by Gasteiger charge is -2.46. The number of rotatable bonds is 5. The molecule has 0 spiro atoms. The Balaban J connectivity index is 3.06. The van der Waals surface area contributed by atoms with Crippen molar-refractivity contribution in [3.63, 3.8) is 0 Å². The molecule has 1 fully saturated rings. The van der Waals surface area contributed by atoms with Crippen LogP contribution in [0.15, 0.2) is 0 Å². The van der Waals surface area contributed by atoms with Gasteiger partial charge in [-0.3, -0.25) is 4.79 Å². The van der Waals surface area contributed by atoms with Gasteiger partial charge in [-0.15, -0.1) is 0 Å². The van der Waals surface area contributed by atoms with E-state index in [0.717, 1.165) is 0 Å². The summed E-state index contributed by atoms with van der Waals surface area (Å²) in [6, 6.07) is 0. The summed E-state index contributed by atoms with van der Waals surface area (Å²) in [5, 5.41) is 10.5. The number of ketones is 1. The Kier molecular flexibility index (Phi) is 6.32. The van der Waals surface area contributed by atoms with E-state index in [0.29, 0.717) is 19.3 Å². The van der Waals surface area contributed by atoms with Crippen LogP contribution in [-0.4, -0.2) is 44.0 Å². The Labute approximate surface area is 156 Å². The van der Waals surface area contributed by atoms with E-state index in [1.165, 1.54) is 0 Å². The molecule has 148 valence electrons. The van der Waals surface area contributed by atoms with E-state index in [1.807, 2.05) is 33.9 Å². The highest BCUT2D eigenvalue weighted by atomic mass is 28.4. The van der Waals surface area contributed by atoms with Gasteiger partial charge >= 0.3 is 0 Å². The van der Waals surface area contributed by atoms with Crippen molar-refractivity contribution in [2.45, 2.75) is 109 Å². The molecule has 3 atom stereocenters. The lowest BCUT2D eigenvalue weighted by molar-refractivity contribution is -0.143. The van der Waals surface area contributed by atoms with Crippen LogP contribution in [0.4, 0.5) is 0 Å². The van der Waals surface area contributed by atoms with Crippen LogP contribution in [0.1, 0.15) is 60.8 Å². The molecule has 2 N–H and O–H groups in total.